The molecule has 0 aliphatic carbocycles. The highest BCUT2D eigenvalue weighted by molar-refractivity contribution is 6.33. The Morgan fingerprint density at radius 3 is 2.89 bits per heavy atom. The number of anilines is 1. The van der Waals surface area contributed by atoms with Crippen molar-refractivity contribution in [3.63, 3.8) is 0 Å². The van der Waals surface area contributed by atoms with Crippen molar-refractivity contribution in [2.45, 2.75) is 39.3 Å². The Labute approximate surface area is 168 Å². The molecule has 0 spiro atoms. The SMILES string of the molecule is CC(C)CC(C)(N)COc1ccc2c(c1Cl)COc1cnc(NC(=O)O)cc1-2. The fourth-order valence-corrected chi connectivity index (χ4v) is 3.71. The topological polar surface area (TPSA) is 107 Å². The highest BCUT2D eigenvalue weighted by atomic mass is 35.5. The average molecular weight is 406 g/mol. The number of rotatable bonds is 6. The van der Waals surface area contributed by atoms with Crippen molar-refractivity contribution in [2.24, 2.45) is 11.7 Å². The van der Waals surface area contributed by atoms with Crippen LogP contribution in [-0.2, 0) is 6.61 Å². The van der Waals surface area contributed by atoms with Crippen molar-refractivity contribution < 1.29 is 19.4 Å². The number of benzene rings is 1. The van der Waals surface area contributed by atoms with E-state index in [4.69, 9.17) is 31.9 Å². The zero-order valence-electron chi connectivity index (χ0n) is 16.1. The first-order chi connectivity index (χ1) is 13.2. The summed E-state index contributed by atoms with van der Waals surface area (Å²) in [5, 5.41) is 11.6. The van der Waals surface area contributed by atoms with Crippen molar-refractivity contribution in [3.05, 3.63) is 35.0 Å². The molecule has 1 aromatic heterocycles. The summed E-state index contributed by atoms with van der Waals surface area (Å²) in [7, 11) is 0. The lowest BCUT2D eigenvalue weighted by Gasteiger charge is -2.28. The molecule has 1 aromatic carbocycles. The van der Waals surface area contributed by atoms with E-state index in [1.54, 1.807) is 12.1 Å². The van der Waals surface area contributed by atoms with Crippen molar-refractivity contribution >= 4 is 23.5 Å². The van der Waals surface area contributed by atoms with Crippen molar-refractivity contribution in [3.8, 4) is 22.6 Å². The number of hydrogen-bond acceptors (Lipinski definition) is 5. The lowest BCUT2D eigenvalue weighted by atomic mass is 9.93. The maximum absolute atomic E-state index is 10.9. The molecule has 1 amide bonds. The second-order valence-corrected chi connectivity index (χ2v) is 8.11. The van der Waals surface area contributed by atoms with Gasteiger partial charge in [0.05, 0.1) is 11.2 Å². The lowest BCUT2D eigenvalue weighted by molar-refractivity contribution is 0.206. The van der Waals surface area contributed by atoms with E-state index in [-0.39, 0.29) is 12.4 Å². The Balaban J connectivity index is 1.87. The largest absolute Gasteiger partial charge is 0.490 e. The number of nitrogens with two attached hydrogens (primary N) is 1. The molecule has 2 aromatic rings. The zero-order valence-corrected chi connectivity index (χ0v) is 16.8. The number of carboxylic acid groups (broad SMARTS) is 1. The van der Waals surface area contributed by atoms with Gasteiger partial charge in [0.15, 0.2) is 0 Å². The fourth-order valence-electron chi connectivity index (χ4n) is 3.43. The highest BCUT2D eigenvalue weighted by Crippen LogP contribution is 2.43. The van der Waals surface area contributed by atoms with Crippen molar-refractivity contribution in [1.82, 2.24) is 4.98 Å². The number of aromatic nitrogens is 1. The van der Waals surface area contributed by atoms with Gasteiger partial charge in [0, 0.05) is 16.7 Å². The van der Waals surface area contributed by atoms with Crippen LogP contribution in [0.25, 0.3) is 11.1 Å². The van der Waals surface area contributed by atoms with Gasteiger partial charge in [0.25, 0.3) is 0 Å². The molecule has 150 valence electrons. The minimum atomic E-state index is -1.18. The van der Waals surface area contributed by atoms with Gasteiger partial charge in [-0.2, -0.15) is 0 Å². The van der Waals surface area contributed by atoms with E-state index in [1.165, 1.54) is 6.20 Å². The van der Waals surface area contributed by atoms with E-state index in [2.05, 4.69) is 24.1 Å². The van der Waals surface area contributed by atoms with Crippen LogP contribution in [0.5, 0.6) is 11.5 Å². The van der Waals surface area contributed by atoms with Crippen LogP contribution >= 0.6 is 11.6 Å². The van der Waals surface area contributed by atoms with Crippen molar-refractivity contribution in [2.75, 3.05) is 11.9 Å². The molecule has 0 bridgehead atoms. The number of ether oxygens (including phenoxy) is 2. The third-order valence-corrected chi connectivity index (χ3v) is 4.82. The maximum Gasteiger partial charge on any atom is 0.410 e. The van der Waals surface area contributed by atoms with E-state index in [9.17, 15) is 4.79 Å². The molecule has 1 aliphatic heterocycles. The minimum Gasteiger partial charge on any atom is -0.490 e. The van der Waals surface area contributed by atoms with Gasteiger partial charge < -0.3 is 20.3 Å². The van der Waals surface area contributed by atoms with Gasteiger partial charge in [-0.05, 0) is 37.0 Å². The molecule has 2 heterocycles. The third kappa shape index (κ3) is 4.48. The highest BCUT2D eigenvalue weighted by Gasteiger charge is 2.25. The Bertz CT molecular complexity index is 899. The van der Waals surface area contributed by atoms with Gasteiger partial charge in [-0.1, -0.05) is 31.5 Å². The van der Waals surface area contributed by atoms with Gasteiger partial charge >= 0.3 is 6.09 Å². The standard InChI is InChI=1S/C20H24ClN3O4/c1-11(2)7-20(3,22)10-28-15-5-4-12-13-6-17(24-19(25)26)23-8-16(13)27-9-14(12)18(15)21/h4-6,8,11H,7,9-10,22H2,1-3H3,(H,23,24)(H,25,26). The van der Waals surface area contributed by atoms with Gasteiger partial charge in [-0.25, -0.2) is 9.78 Å². The molecule has 1 unspecified atom stereocenters. The smallest absolute Gasteiger partial charge is 0.410 e. The predicted molar refractivity (Wildman–Crippen MR) is 108 cm³/mol. The Morgan fingerprint density at radius 1 is 1.46 bits per heavy atom. The first kappa shape index (κ1) is 20.2. The van der Waals surface area contributed by atoms with Gasteiger partial charge in [0.1, 0.15) is 30.5 Å². The van der Waals surface area contributed by atoms with Gasteiger partial charge in [-0.3, -0.25) is 5.32 Å². The van der Waals surface area contributed by atoms with Crippen LogP contribution in [0.1, 0.15) is 32.8 Å². The van der Waals surface area contributed by atoms with Crippen molar-refractivity contribution in [1.29, 1.82) is 0 Å². The molecule has 8 heteroatoms. The van der Waals surface area contributed by atoms with E-state index in [0.717, 1.165) is 23.1 Å². The molecule has 4 N–H and O–H groups in total. The fraction of sp³-hybridized carbons (Fsp3) is 0.400. The number of fused-ring (bicyclic) bond motifs is 3. The van der Waals surface area contributed by atoms with Crippen LogP contribution < -0.4 is 20.5 Å². The molecule has 1 atom stereocenters. The molecule has 0 fully saturated rings. The third-order valence-electron chi connectivity index (χ3n) is 4.40. The summed E-state index contributed by atoms with van der Waals surface area (Å²) in [6, 6.07) is 5.31. The number of nitrogens with one attached hydrogen (secondary N) is 1. The maximum atomic E-state index is 10.9. The summed E-state index contributed by atoms with van der Waals surface area (Å²) in [4.78, 5) is 14.9. The van der Waals surface area contributed by atoms with E-state index in [1.807, 2.05) is 13.0 Å². The first-order valence-corrected chi connectivity index (χ1v) is 9.40. The molecule has 0 radical (unpaired) electrons. The summed E-state index contributed by atoms with van der Waals surface area (Å²) in [5.74, 6) is 1.79. The molecule has 0 saturated carbocycles. The summed E-state index contributed by atoms with van der Waals surface area (Å²) in [6.07, 6.45) is 1.14. The zero-order chi connectivity index (χ0) is 20.5. The van der Waals surface area contributed by atoms with Crippen LogP contribution in [-0.4, -0.2) is 28.3 Å². The monoisotopic (exact) mass is 405 g/mol. The number of hydrogen-bond donors (Lipinski definition) is 3. The van der Waals surface area contributed by atoms with Gasteiger partial charge in [0.2, 0.25) is 0 Å². The quantitative estimate of drug-likeness (QED) is 0.651. The molecule has 3 rings (SSSR count). The number of carbonyl (C=O) groups is 1. The van der Waals surface area contributed by atoms with E-state index >= 15 is 0 Å². The van der Waals surface area contributed by atoms with Crippen LogP contribution in [0, 0.1) is 5.92 Å². The van der Waals surface area contributed by atoms with E-state index in [0.29, 0.717) is 29.0 Å². The van der Waals surface area contributed by atoms with Crippen LogP contribution in [0.15, 0.2) is 24.4 Å². The number of pyridine rings is 1. The Morgan fingerprint density at radius 2 is 2.21 bits per heavy atom. The Hall–Kier alpha value is -2.51. The van der Waals surface area contributed by atoms with Crippen LogP contribution in [0.4, 0.5) is 10.6 Å². The van der Waals surface area contributed by atoms with Crippen LogP contribution in [0.2, 0.25) is 5.02 Å². The molecule has 28 heavy (non-hydrogen) atoms. The number of amides is 1. The van der Waals surface area contributed by atoms with Gasteiger partial charge in [-0.15, -0.1) is 0 Å². The molecule has 0 saturated heterocycles. The number of halogens is 1. The summed E-state index contributed by atoms with van der Waals surface area (Å²) < 4.78 is 11.7. The molecule has 1 aliphatic rings. The van der Waals surface area contributed by atoms with Crippen LogP contribution in [0.3, 0.4) is 0 Å². The molecule has 7 nitrogen and oxygen atoms in total. The normalized spacial score (nSPS) is 14.5. The predicted octanol–water partition coefficient (Wildman–Crippen LogP) is 4.53. The average Bonchev–Trinajstić information content (AvgIpc) is 2.59. The summed E-state index contributed by atoms with van der Waals surface area (Å²) in [5.41, 5.74) is 8.21. The second-order valence-electron chi connectivity index (χ2n) is 7.73. The molecular weight excluding hydrogens is 382 g/mol. The summed E-state index contributed by atoms with van der Waals surface area (Å²) >= 11 is 6.58. The second kappa shape index (κ2) is 7.85. The summed E-state index contributed by atoms with van der Waals surface area (Å²) in [6.45, 7) is 6.82. The Kier molecular flexibility index (Phi) is 5.67. The first-order valence-electron chi connectivity index (χ1n) is 9.02. The minimum absolute atomic E-state index is 0.215. The molecular formula is C20H24ClN3O4. The number of nitrogens with zero attached hydrogens (tertiary/aromatic N) is 1. The van der Waals surface area contributed by atoms with E-state index < -0.39 is 11.6 Å². The lowest BCUT2D eigenvalue weighted by Crippen LogP contribution is -2.43.